The van der Waals surface area contributed by atoms with E-state index in [1.165, 1.54) is 6.42 Å². The van der Waals surface area contributed by atoms with Gasteiger partial charge in [-0.05, 0) is 31.6 Å². The molecule has 4 heteroatoms. The predicted molar refractivity (Wildman–Crippen MR) is 65.8 cm³/mol. The molecule has 1 aliphatic rings. The van der Waals surface area contributed by atoms with Gasteiger partial charge in [0.05, 0.1) is 12.6 Å². The van der Waals surface area contributed by atoms with Crippen LogP contribution < -0.4 is 5.43 Å². The van der Waals surface area contributed by atoms with Gasteiger partial charge in [0.2, 0.25) is 5.43 Å². The van der Waals surface area contributed by atoms with Crippen molar-refractivity contribution < 1.29 is 5.11 Å². The maximum atomic E-state index is 11.5. The molecule has 1 fully saturated rings. The molecule has 0 spiro atoms. The molecule has 17 heavy (non-hydrogen) atoms. The highest BCUT2D eigenvalue weighted by Gasteiger charge is 2.32. The van der Waals surface area contributed by atoms with Crippen LogP contribution in [0.5, 0.6) is 0 Å². The lowest BCUT2D eigenvalue weighted by Crippen LogP contribution is -2.22. The Bertz CT molecular complexity index is 477. The third-order valence-electron chi connectivity index (χ3n) is 3.65. The first-order chi connectivity index (χ1) is 7.93. The Morgan fingerprint density at radius 3 is 2.82 bits per heavy atom. The van der Waals surface area contributed by atoms with E-state index in [4.69, 9.17) is 5.11 Å². The first kappa shape index (κ1) is 12.3. The smallest absolute Gasteiger partial charge is 0.206 e. The van der Waals surface area contributed by atoms with Crippen molar-refractivity contribution in [3.8, 4) is 0 Å². The molecular weight excluding hydrogens is 216 g/mol. The molecule has 94 valence electrons. The monoisotopic (exact) mass is 236 g/mol. The van der Waals surface area contributed by atoms with Crippen molar-refractivity contribution in [3.63, 3.8) is 0 Å². The predicted octanol–water partition coefficient (Wildman–Crippen LogP) is 1.80. The maximum absolute atomic E-state index is 11.5. The van der Waals surface area contributed by atoms with Crippen molar-refractivity contribution in [1.29, 1.82) is 0 Å². The lowest BCUT2D eigenvalue weighted by Gasteiger charge is -2.20. The van der Waals surface area contributed by atoms with Crippen molar-refractivity contribution >= 4 is 0 Å². The summed E-state index contributed by atoms with van der Waals surface area (Å²) in [6.45, 7) is 6.14. The lowest BCUT2D eigenvalue weighted by atomic mass is 9.92. The third kappa shape index (κ3) is 2.41. The summed E-state index contributed by atoms with van der Waals surface area (Å²) >= 11 is 0. The van der Waals surface area contributed by atoms with Gasteiger partial charge >= 0.3 is 0 Å². The Hall–Kier alpha value is -1.16. The van der Waals surface area contributed by atoms with Crippen molar-refractivity contribution in [1.82, 2.24) is 9.78 Å². The quantitative estimate of drug-likeness (QED) is 0.851. The van der Waals surface area contributed by atoms with Gasteiger partial charge in [0.15, 0.2) is 0 Å². The summed E-state index contributed by atoms with van der Waals surface area (Å²) in [6.07, 6.45) is 3.35. The number of aliphatic hydroxyl groups is 1. The zero-order valence-corrected chi connectivity index (χ0v) is 10.7. The number of aromatic nitrogens is 2. The summed E-state index contributed by atoms with van der Waals surface area (Å²) in [4.78, 5) is 11.5. The molecule has 1 atom stereocenters. The van der Waals surface area contributed by atoms with Crippen LogP contribution >= 0.6 is 0 Å². The number of aryl methyl sites for hydroxylation is 1. The van der Waals surface area contributed by atoms with Crippen LogP contribution in [0.15, 0.2) is 10.9 Å². The minimum atomic E-state index is -0.283. The number of hydrogen-bond acceptors (Lipinski definition) is 3. The molecule has 1 heterocycles. The van der Waals surface area contributed by atoms with Crippen LogP contribution in [-0.2, 0) is 6.61 Å². The molecule has 1 saturated carbocycles. The van der Waals surface area contributed by atoms with E-state index >= 15 is 0 Å². The van der Waals surface area contributed by atoms with E-state index in [-0.39, 0.29) is 17.7 Å². The van der Waals surface area contributed by atoms with Crippen molar-refractivity contribution in [2.45, 2.75) is 52.7 Å². The number of aliphatic hydroxyl groups excluding tert-OH is 1. The van der Waals surface area contributed by atoms with E-state index < -0.39 is 0 Å². The number of nitrogens with zero attached hydrogens (tertiary/aromatic N) is 2. The van der Waals surface area contributed by atoms with E-state index in [1.807, 2.05) is 11.6 Å². The Morgan fingerprint density at radius 2 is 2.29 bits per heavy atom. The van der Waals surface area contributed by atoms with Crippen LogP contribution in [0.4, 0.5) is 0 Å². The fourth-order valence-corrected chi connectivity index (χ4v) is 2.68. The second kappa shape index (κ2) is 4.26. The van der Waals surface area contributed by atoms with E-state index in [0.29, 0.717) is 11.5 Å². The zero-order chi connectivity index (χ0) is 12.6. The molecule has 4 nitrogen and oxygen atoms in total. The average Bonchev–Trinajstić information content (AvgIpc) is 2.59. The standard InChI is InChI=1S/C13H20N2O2/c1-9-6-12(17)11(8-16)14-15(9)10-4-5-13(2,3)7-10/h6,10,16H,4-5,7-8H2,1-3H3. The van der Waals surface area contributed by atoms with E-state index in [9.17, 15) is 4.79 Å². The lowest BCUT2D eigenvalue weighted by molar-refractivity contribution is 0.267. The van der Waals surface area contributed by atoms with Gasteiger partial charge in [-0.1, -0.05) is 13.8 Å². The highest BCUT2D eigenvalue weighted by atomic mass is 16.3. The molecule has 1 aliphatic carbocycles. The van der Waals surface area contributed by atoms with Gasteiger partial charge < -0.3 is 5.11 Å². The van der Waals surface area contributed by atoms with Crippen LogP contribution in [0.3, 0.4) is 0 Å². The Morgan fingerprint density at radius 1 is 1.59 bits per heavy atom. The molecule has 0 aliphatic heterocycles. The van der Waals surface area contributed by atoms with Crippen molar-refractivity contribution in [2.24, 2.45) is 5.41 Å². The first-order valence-corrected chi connectivity index (χ1v) is 6.13. The summed E-state index contributed by atoms with van der Waals surface area (Å²) in [5.41, 5.74) is 1.31. The van der Waals surface area contributed by atoms with E-state index in [2.05, 4.69) is 18.9 Å². The largest absolute Gasteiger partial charge is 0.390 e. The molecule has 0 aromatic carbocycles. The third-order valence-corrected chi connectivity index (χ3v) is 3.65. The van der Waals surface area contributed by atoms with Crippen molar-refractivity contribution in [2.75, 3.05) is 0 Å². The normalized spacial score (nSPS) is 22.9. The van der Waals surface area contributed by atoms with Gasteiger partial charge in [0.1, 0.15) is 5.69 Å². The fourth-order valence-electron chi connectivity index (χ4n) is 2.68. The summed E-state index contributed by atoms with van der Waals surface area (Å²) in [5, 5.41) is 13.4. The topological polar surface area (TPSA) is 55.1 Å². The van der Waals surface area contributed by atoms with Gasteiger partial charge in [-0.15, -0.1) is 0 Å². The minimum absolute atomic E-state index is 0.168. The highest BCUT2D eigenvalue weighted by Crippen LogP contribution is 2.43. The minimum Gasteiger partial charge on any atom is -0.390 e. The number of hydrogen-bond donors (Lipinski definition) is 1. The first-order valence-electron chi connectivity index (χ1n) is 6.13. The molecule has 0 amide bonds. The molecule has 1 aromatic heterocycles. The SMILES string of the molecule is Cc1cc(=O)c(CO)nn1C1CCC(C)(C)C1. The molecule has 1 N–H and O–H groups in total. The number of rotatable bonds is 2. The maximum Gasteiger partial charge on any atom is 0.206 e. The van der Waals surface area contributed by atoms with Crippen molar-refractivity contribution in [3.05, 3.63) is 27.7 Å². The molecular formula is C13H20N2O2. The molecule has 0 radical (unpaired) electrons. The zero-order valence-electron chi connectivity index (χ0n) is 10.7. The van der Waals surface area contributed by atoms with E-state index in [0.717, 1.165) is 18.5 Å². The van der Waals surface area contributed by atoms with Gasteiger partial charge in [0, 0.05) is 11.8 Å². The van der Waals surface area contributed by atoms with Gasteiger partial charge in [-0.3, -0.25) is 9.48 Å². The van der Waals surface area contributed by atoms with Gasteiger partial charge in [-0.2, -0.15) is 5.10 Å². The Kier molecular flexibility index (Phi) is 3.08. The van der Waals surface area contributed by atoms with Crippen LogP contribution in [0.25, 0.3) is 0 Å². The second-order valence-electron chi connectivity index (χ2n) is 5.76. The van der Waals surface area contributed by atoms with Crippen LogP contribution in [0.2, 0.25) is 0 Å². The van der Waals surface area contributed by atoms with Crippen LogP contribution in [0, 0.1) is 12.3 Å². The molecule has 1 aromatic rings. The Balaban J connectivity index is 2.36. The molecule has 0 bridgehead atoms. The summed E-state index contributed by atoms with van der Waals surface area (Å²) in [5.74, 6) is 0. The molecule has 1 unspecified atom stereocenters. The van der Waals surface area contributed by atoms with Crippen LogP contribution in [-0.4, -0.2) is 14.9 Å². The second-order valence-corrected chi connectivity index (χ2v) is 5.76. The van der Waals surface area contributed by atoms with E-state index in [1.54, 1.807) is 6.07 Å². The molecule has 2 rings (SSSR count). The average molecular weight is 236 g/mol. The molecule has 0 saturated heterocycles. The van der Waals surface area contributed by atoms with Crippen LogP contribution in [0.1, 0.15) is 50.5 Å². The highest BCUT2D eigenvalue weighted by molar-refractivity contribution is 5.08. The summed E-state index contributed by atoms with van der Waals surface area (Å²) in [7, 11) is 0. The summed E-state index contributed by atoms with van der Waals surface area (Å²) < 4.78 is 1.92. The fraction of sp³-hybridized carbons (Fsp3) is 0.692. The van der Waals surface area contributed by atoms with Gasteiger partial charge in [-0.25, -0.2) is 0 Å². The van der Waals surface area contributed by atoms with Gasteiger partial charge in [0.25, 0.3) is 0 Å². The summed E-state index contributed by atoms with van der Waals surface area (Å²) in [6, 6.07) is 1.93. The Labute approximate surface area is 101 Å².